The quantitative estimate of drug-likeness (QED) is 0.295. The number of aromatic carboxylic acids is 1. The summed E-state index contributed by atoms with van der Waals surface area (Å²) in [5.41, 5.74) is 7.00. The van der Waals surface area contributed by atoms with Crippen molar-refractivity contribution in [2.24, 2.45) is 4.99 Å². The molecule has 2 aliphatic rings. The number of hydrogen-bond acceptors (Lipinski definition) is 6. The van der Waals surface area contributed by atoms with E-state index in [4.69, 9.17) is 14.1 Å². The smallest absolute Gasteiger partial charge is 0.335 e. The van der Waals surface area contributed by atoms with Gasteiger partial charge < -0.3 is 14.3 Å². The molecular formula is C34H26N2O5S. The second-order valence-electron chi connectivity index (χ2n) is 10.4. The summed E-state index contributed by atoms with van der Waals surface area (Å²) in [6.45, 7) is 1.85. The van der Waals surface area contributed by atoms with Crippen LogP contribution < -0.4 is 19.6 Å². The van der Waals surface area contributed by atoms with Crippen LogP contribution in [-0.4, -0.2) is 22.8 Å². The highest BCUT2D eigenvalue weighted by Crippen LogP contribution is 2.43. The van der Waals surface area contributed by atoms with Gasteiger partial charge in [-0.15, -0.1) is 0 Å². The highest BCUT2D eigenvalue weighted by Gasteiger charge is 2.34. The molecule has 3 aromatic carbocycles. The predicted octanol–water partition coefficient (Wildman–Crippen LogP) is 5.59. The number of para-hydroxylation sites is 1. The number of ether oxygens (including phenoxy) is 1. The molecule has 0 amide bonds. The molecule has 0 bridgehead atoms. The summed E-state index contributed by atoms with van der Waals surface area (Å²) in [6, 6.07) is 24.4. The van der Waals surface area contributed by atoms with Gasteiger partial charge in [0.2, 0.25) is 0 Å². The minimum Gasteiger partial charge on any atom is -0.496 e. The van der Waals surface area contributed by atoms with E-state index in [2.05, 4.69) is 18.2 Å². The Labute approximate surface area is 245 Å². The molecule has 0 fully saturated rings. The molecule has 1 atom stereocenters. The highest BCUT2D eigenvalue weighted by molar-refractivity contribution is 7.07. The molecular weight excluding hydrogens is 548 g/mol. The van der Waals surface area contributed by atoms with Gasteiger partial charge in [-0.2, -0.15) is 0 Å². The number of aryl methyl sites for hydroxylation is 2. The fourth-order valence-electron chi connectivity index (χ4n) is 5.97. The van der Waals surface area contributed by atoms with Crippen LogP contribution in [0.1, 0.15) is 50.8 Å². The van der Waals surface area contributed by atoms with E-state index >= 15 is 0 Å². The molecule has 1 unspecified atom stereocenters. The van der Waals surface area contributed by atoms with Crippen molar-refractivity contribution in [3.05, 3.63) is 138 Å². The van der Waals surface area contributed by atoms with Crippen molar-refractivity contribution < 1.29 is 19.1 Å². The zero-order chi connectivity index (χ0) is 29.0. The fourth-order valence-corrected chi connectivity index (χ4v) is 6.95. The normalized spacial score (nSPS) is 16.0. The molecule has 0 radical (unpaired) electrons. The molecule has 1 aliphatic carbocycles. The van der Waals surface area contributed by atoms with Gasteiger partial charge in [-0.25, -0.2) is 9.79 Å². The van der Waals surface area contributed by atoms with Crippen molar-refractivity contribution in [2.75, 3.05) is 7.11 Å². The average Bonchev–Trinajstić information content (AvgIpc) is 3.59. The second kappa shape index (κ2) is 10.2. The summed E-state index contributed by atoms with van der Waals surface area (Å²) in [5.74, 6) is 0.878. The first kappa shape index (κ1) is 26.0. The Balaban J connectivity index is 1.38. The molecule has 7 rings (SSSR count). The SMILES string of the molecule is COc1ccccc1C1C2=C(N=c3s/c(=C\c4ccc(-c5ccc(C(=O)O)cc5C)o4)c(=O)n31)c1ccccc1CC2. The van der Waals surface area contributed by atoms with E-state index in [-0.39, 0.29) is 17.2 Å². The number of allylic oxidation sites excluding steroid dienone is 1. The fraction of sp³-hybridized carbons (Fsp3) is 0.147. The van der Waals surface area contributed by atoms with Gasteiger partial charge in [0.1, 0.15) is 17.3 Å². The second-order valence-corrected chi connectivity index (χ2v) is 11.4. The molecule has 0 saturated carbocycles. The van der Waals surface area contributed by atoms with Gasteiger partial charge in [0, 0.05) is 22.8 Å². The maximum atomic E-state index is 14.1. The maximum Gasteiger partial charge on any atom is 0.335 e. The molecule has 42 heavy (non-hydrogen) atoms. The van der Waals surface area contributed by atoms with Crippen molar-refractivity contribution >= 4 is 29.1 Å². The standard InChI is InChI=1S/C34H26N2O5S/c1-19-17-21(33(38)39)12-14-23(19)28-16-13-22(41-28)18-29-32(37)36-31(25-9-5-6-10-27(25)40-2)26-15-11-20-7-3-4-8-24(20)30(26)35-34(36)42-29/h3-10,12-14,16-18,31H,11,15H2,1-2H3,(H,38,39)/b29-18-. The Kier molecular flexibility index (Phi) is 6.28. The number of thiazole rings is 1. The minimum atomic E-state index is -0.975. The summed E-state index contributed by atoms with van der Waals surface area (Å²) in [5, 5.41) is 9.29. The summed E-state index contributed by atoms with van der Waals surface area (Å²) in [6.07, 6.45) is 3.43. The highest BCUT2D eigenvalue weighted by atomic mass is 32.1. The predicted molar refractivity (Wildman–Crippen MR) is 162 cm³/mol. The van der Waals surface area contributed by atoms with Crippen molar-refractivity contribution in [2.45, 2.75) is 25.8 Å². The first-order valence-electron chi connectivity index (χ1n) is 13.6. The van der Waals surface area contributed by atoms with Gasteiger partial charge in [0.05, 0.1) is 28.9 Å². The maximum absolute atomic E-state index is 14.1. The number of methoxy groups -OCH3 is 1. The molecule has 1 aliphatic heterocycles. The lowest BCUT2D eigenvalue weighted by Gasteiger charge is -2.31. The van der Waals surface area contributed by atoms with E-state index in [1.807, 2.05) is 49.4 Å². The van der Waals surface area contributed by atoms with E-state index in [1.54, 1.807) is 36.0 Å². The van der Waals surface area contributed by atoms with Gasteiger partial charge in [-0.1, -0.05) is 59.9 Å². The van der Waals surface area contributed by atoms with E-state index in [0.29, 0.717) is 20.9 Å². The lowest BCUT2D eigenvalue weighted by Crippen LogP contribution is -2.38. The van der Waals surface area contributed by atoms with E-state index in [1.165, 1.54) is 16.9 Å². The van der Waals surface area contributed by atoms with E-state index in [0.717, 1.165) is 52.1 Å². The van der Waals surface area contributed by atoms with Gasteiger partial charge in [0.15, 0.2) is 4.80 Å². The van der Waals surface area contributed by atoms with Crippen LogP contribution in [0.5, 0.6) is 5.75 Å². The number of aromatic nitrogens is 1. The molecule has 208 valence electrons. The van der Waals surface area contributed by atoms with Crippen LogP contribution in [0.15, 0.2) is 98.6 Å². The molecule has 0 spiro atoms. The minimum absolute atomic E-state index is 0.139. The average molecular weight is 575 g/mol. The summed E-state index contributed by atoms with van der Waals surface area (Å²) in [7, 11) is 1.65. The van der Waals surface area contributed by atoms with Gasteiger partial charge in [-0.3, -0.25) is 9.36 Å². The van der Waals surface area contributed by atoms with Crippen molar-refractivity contribution in [3.8, 4) is 17.1 Å². The van der Waals surface area contributed by atoms with Crippen LogP contribution in [-0.2, 0) is 6.42 Å². The summed E-state index contributed by atoms with van der Waals surface area (Å²) in [4.78, 5) is 31.1. The lowest BCUT2D eigenvalue weighted by molar-refractivity contribution is 0.0696. The van der Waals surface area contributed by atoms with Crippen molar-refractivity contribution in [3.63, 3.8) is 0 Å². The Hall–Kier alpha value is -4.95. The number of nitrogens with zero attached hydrogens (tertiary/aromatic N) is 2. The number of fused-ring (bicyclic) bond motifs is 3. The van der Waals surface area contributed by atoms with Gasteiger partial charge in [-0.05, 0) is 66.8 Å². The third-order valence-electron chi connectivity index (χ3n) is 7.95. The number of furan rings is 1. The summed E-state index contributed by atoms with van der Waals surface area (Å²) < 4.78 is 14.2. The Morgan fingerprint density at radius 1 is 1.05 bits per heavy atom. The third-order valence-corrected chi connectivity index (χ3v) is 8.93. The lowest BCUT2D eigenvalue weighted by atomic mass is 9.83. The number of carboxylic acid groups (broad SMARTS) is 1. The van der Waals surface area contributed by atoms with E-state index < -0.39 is 5.97 Å². The largest absolute Gasteiger partial charge is 0.496 e. The number of hydrogen-bond donors (Lipinski definition) is 1. The zero-order valence-corrected chi connectivity index (χ0v) is 23.8. The number of carboxylic acids is 1. The number of benzene rings is 3. The molecule has 0 saturated heterocycles. The zero-order valence-electron chi connectivity index (χ0n) is 23.0. The number of carbonyl (C=O) groups is 1. The Morgan fingerprint density at radius 2 is 1.86 bits per heavy atom. The third kappa shape index (κ3) is 4.23. The van der Waals surface area contributed by atoms with Crippen LogP contribution in [0.25, 0.3) is 23.1 Å². The van der Waals surface area contributed by atoms with E-state index in [9.17, 15) is 14.7 Å². The molecule has 1 N–H and O–H groups in total. The van der Waals surface area contributed by atoms with Crippen LogP contribution in [0.3, 0.4) is 0 Å². The van der Waals surface area contributed by atoms with Crippen LogP contribution in [0.4, 0.5) is 0 Å². The van der Waals surface area contributed by atoms with Crippen molar-refractivity contribution in [1.82, 2.24) is 4.57 Å². The Morgan fingerprint density at radius 3 is 2.67 bits per heavy atom. The van der Waals surface area contributed by atoms with Crippen molar-refractivity contribution in [1.29, 1.82) is 0 Å². The van der Waals surface area contributed by atoms with Crippen LogP contribution in [0, 0.1) is 6.92 Å². The first-order valence-corrected chi connectivity index (χ1v) is 14.4. The molecule has 2 aromatic heterocycles. The summed E-state index contributed by atoms with van der Waals surface area (Å²) >= 11 is 1.34. The van der Waals surface area contributed by atoms with Gasteiger partial charge >= 0.3 is 5.97 Å². The van der Waals surface area contributed by atoms with Gasteiger partial charge in [0.25, 0.3) is 5.56 Å². The topological polar surface area (TPSA) is 94.0 Å². The monoisotopic (exact) mass is 574 g/mol. The molecule has 5 aromatic rings. The Bertz CT molecular complexity index is 2110. The molecule has 8 heteroatoms. The number of rotatable bonds is 5. The molecule has 7 nitrogen and oxygen atoms in total. The molecule has 3 heterocycles. The van der Waals surface area contributed by atoms with Crippen LogP contribution in [0.2, 0.25) is 0 Å². The van der Waals surface area contributed by atoms with Crippen LogP contribution >= 0.6 is 11.3 Å². The first-order chi connectivity index (χ1) is 20.4.